The van der Waals surface area contributed by atoms with Gasteiger partial charge in [-0.3, -0.25) is 4.79 Å². The fourth-order valence-electron chi connectivity index (χ4n) is 3.01. The minimum Gasteiger partial charge on any atom is -0.320 e. The number of carbonyl (C=O) groups is 1. The molecule has 0 aliphatic heterocycles. The van der Waals surface area contributed by atoms with Crippen LogP contribution in [0.2, 0.25) is 0 Å². The zero-order valence-corrected chi connectivity index (χ0v) is 13.0. The number of hydrogen-bond acceptors (Lipinski definition) is 2. The molecule has 0 bridgehead atoms. The van der Waals surface area contributed by atoms with Crippen LogP contribution in [-0.4, -0.2) is 10.2 Å². The van der Waals surface area contributed by atoms with E-state index < -0.39 is 23.0 Å². The molecule has 3 rings (SSSR count). The largest absolute Gasteiger partial charge is 0.320 e. The van der Waals surface area contributed by atoms with E-state index in [1.807, 2.05) is 0 Å². The molecule has 0 saturated heterocycles. The van der Waals surface area contributed by atoms with Crippen LogP contribution in [0.25, 0.3) is 5.52 Å². The summed E-state index contributed by atoms with van der Waals surface area (Å²) in [4.78, 5) is 12.9. The smallest absolute Gasteiger partial charge is 0.201 e. The molecule has 5 heteroatoms. The van der Waals surface area contributed by atoms with E-state index in [2.05, 4.69) is 6.07 Å². The Balaban J connectivity index is 2.25. The second-order valence-corrected chi connectivity index (χ2v) is 5.49. The Morgan fingerprint density at radius 2 is 1.83 bits per heavy atom. The van der Waals surface area contributed by atoms with Crippen molar-refractivity contribution < 1.29 is 13.6 Å². The Morgan fingerprint density at radius 1 is 1.12 bits per heavy atom. The van der Waals surface area contributed by atoms with E-state index in [1.54, 1.807) is 35.7 Å². The predicted octanol–water partition coefficient (Wildman–Crippen LogP) is 4.21. The maximum atomic E-state index is 14.0. The molecule has 0 radical (unpaired) electrons. The van der Waals surface area contributed by atoms with Gasteiger partial charge < -0.3 is 4.40 Å². The predicted molar refractivity (Wildman–Crippen MR) is 85.9 cm³/mol. The SMILES string of the molecule is Cc1c(C(=O)c2c(F)cccc2F)c2ccccn2c1CCC#N. The average molecular weight is 324 g/mol. The molecule has 0 fully saturated rings. The normalized spacial score (nSPS) is 10.8. The van der Waals surface area contributed by atoms with Crippen LogP contribution >= 0.6 is 0 Å². The summed E-state index contributed by atoms with van der Waals surface area (Å²) in [6, 6.07) is 10.7. The van der Waals surface area contributed by atoms with Crippen LogP contribution in [0.5, 0.6) is 0 Å². The number of nitriles is 1. The van der Waals surface area contributed by atoms with Crippen LogP contribution in [0.3, 0.4) is 0 Å². The first-order chi connectivity index (χ1) is 11.6. The molecule has 3 aromatic rings. The number of aryl methyl sites for hydroxylation is 1. The highest BCUT2D eigenvalue weighted by Gasteiger charge is 2.25. The van der Waals surface area contributed by atoms with Gasteiger partial charge in [0, 0.05) is 24.7 Å². The summed E-state index contributed by atoms with van der Waals surface area (Å²) < 4.78 is 29.8. The molecule has 1 aromatic carbocycles. The van der Waals surface area contributed by atoms with E-state index in [1.165, 1.54) is 6.07 Å². The molecule has 3 nitrogen and oxygen atoms in total. The average Bonchev–Trinajstić information content (AvgIpc) is 2.84. The molecule has 0 N–H and O–H groups in total. The van der Waals surface area contributed by atoms with E-state index in [9.17, 15) is 13.6 Å². The molecular formula is C19H14F2N2O. The van der Waals surface area contributed by atoms with Crippen LogP contribution < -0.4 is 0 Å². The highest BCUT2D eigenvalue weighted by atomic mass is 19.1. The van der Waals surface area contributed by atoms with Gasteiger partial charge in [0.2, 0.25) is 5.78 Å². The fraction of sp³-hybridized carbons (Fsp3) is 0.158. The van der Waals surface area contributed by atoms with Crippen molar-refractivity contribution >= 4 is 11.3 Å². The topological polar surface area (TPSA) is 45.3 Å². The third-order valence-corrected chi connectivity index (χ3v) is 4.11. The van der Waals surface area contributed by atoms with E-state index >= 15 is 0 Å². The van der Waals surface area contributed by atoms with Gasteiger partial charge >= 0.3 is 0 Å². The Kier molecular flexibility index (Phi) is 4.13. The van der Waals surface area contributed by atoms with Gasteiger partial charge in [0.05, 0.1) is 22.7 Å². The second kappa shape index (κ2) is 6.25. The second-order valence-electron chi connectivity index (χ2n) is 5.49. The third kappa shape index (κ3) is 2.46. The van der Waals surface area contributed by atoms with E-state index in [-0.39, 0.29) is 5.56 Å². The molecule has 0 aliphatic rings. The lowest BCUT2D eigenvalue weighted by molar-refractivity contribution is 0.103. The van der Waals surface area contributed by atoms with Crippen molar-refractivity contribution in [2.24, 2.45) is 0 Å². The van der Waals surface area contributed by atoms with Crippen LogP contribution in [0.1, 0.15) is 33.6 Å². The van der Waals surface area contributed by atoms with Crippen LogP contribution in [-0.2, 0) is 6.42 Å². The van der Waals surface area contributed by atoms with Gasteiger partial charge in [0.25, 0.3) is 0 Å². The molecular weight excluding hydrogens is 310 g/mol. The number of fused-ring (bicyclic) bond motifs is 1. The number of ketones is 1. The van der Waals surface area contributed by atoms with E-state index in [4.69, 9.17) is 5.26 Å². The van der Waals surface area contributed by atoms with E-state index in [0.29, 0.717) is 23.9 Å². The van der Waals surface area contributed by atoms with E-state index in [0.717, 1.165) is 17.8 Å². The summed E-state index contributed by atoms with van der Waals surface area (Å²) in [5, 5.41) is 8.83. The van der Waals surface area contributed by atoms with Gasteiger partial charge in [-0.05, 0) is 36.8 Å². The number of benzene rings is 1. The quantitative estimate of drug-likeness (QED) is 0.675. The van der Waals surface area contributed by atoms with Crippen molar-refractivity contribution in [2.75, 3.05) is 0 Å². The summed E-state index contributed by atoms with van der Waals surface area (Å²) in [6.45, 7) is 1.74. The first kappa shape index (κ1) is 15.9. The Morgan fingerprint density at radius 3 is 2.50 bits per heavy atom. The lowest BCUT2D eigenvalue weighted by atomic mass is 9.98. The van der Waals surface area contributed by atoms with Crippen molar-refractivity contribution in [3.05, 3.63) is 76.6 Å². The molecule has 0 amide bonds. The summed E-state index contributed by atoms with van der Waals surface area (Å²) in [5.41, 5.74) is 1.74. The van der Waals surface area contributed by atoms with Gasteiger partial charge in [-0.15, -0.1) is 0 Å². The number of halogens is 2. The van der Waals surface area contributed by atoms with Gasteiger partial charge in [0.1, 0.15) is 11.6 Å². The zero-order chi connectivity index (χ0) is 17.3. The van der Waals surface area contributed by atoms with Crippen molar-refractivity contribution in [3.8, 4) is 6.07 Å². The molecule has 0 spiro atoms. The minimum atomic E-state index is -0.881. The number of rotatable bonds is 4. The monoisotopic (exact) mass is 324 g/mol. The maximum Gasteiger partial charge on any atom is 0.201 e. The molecule has 0 unspecified atom stereocenters. The summed E-state index contributed by atoms with van der Waals surface area (Å²) in [6.07, 6.45) is 2.54. The van der Waals surface area contributed by atoms with Gasteiger partial charge in [-0.2, -0.15) is 5.26 Å². The molecule has 24 heavy (non-hydrogen) atoms. The molecule has 0 aliphatic carbocycles. The number of nitrogens with zero attached hydrogens (tertiary/aromatic N) is 2. The Hall–Kier alpha value is -3.00. The number of carbonyl (C=O) groups excluding carboxylic acids is 1. The molecule has 120 valence electrons. The van der Waals surface area contributed by atoms with Crippen LogP contribution in [0, 0.1) is 29.9 Å². The van der Waals surface area contributed by atoms with Gasteiger partial charge in [-0.25, -0.2) is 8.78 Å². The maximum absolute atomic E-state index is 14.0. The Bertz CT molecular complexity index is 963. The highest BCUT2D eigenvalue weighted by Crippen LogP contribution is 2.28. The lowest BCUT2D eigenvalue weighted by Crippen LogP contribution is -2.08. The number of aromatic nitrogens is 1. The molecule has 0 saturated carbocycles. The first-order valence-corrected chi connectivity index (χ1v) is 7.50. The minimum absolute atomic E-state index is 0.271. The summed E-state index contributed by atoms with van der Waals surface area (Å²) in [7, 11) is 0. The fourth-order valence-corrected chi connectivity index (χ4v) is 3.01. The highest BCUT2D eigenvalue weighted by molar-refractivity contribution is 6.14. The van der Waals surface area contributed by atoms with Gasteiger partial charge in [-0.1, -0.05) is 12.1 Å². The molecule has 2 aromatic heterocycles. The van der Waals surface area contributed by atoms with Crippen molar-refractivity contribution in [2.45, 2.75) is 19.8 Å². The first-order valence-electron chi connectivity index (χ1n) is 7.50. The molecule has 2 heterocycles. The Labute approximate surface area is 137 Å². The standard InChI is InChI=1S/C19H14F2N2O/c1-12-15(9-5-10-22)23-11-3-2-8-16(23)17(12)19(24)18-13(20)6-4-7-14(18)21/h2-4,6-8,11H,5,9H2,1H3. The zero-order valence-electron chi connectivity index (χ0n) is 13.0. The van der Waals surface area contributed by atoms with Crippen molar-refractivity contribution in [1.29, 1.82) is 5.26 Å². The lowest BCUT2D eigenvalue weighted by Gasteiger charge is -2.05. The number of hydrogen-bond donors (Lipinski definition) is 0. The summed E-state index contributed by atoms with van der Waals surface area (Å²) in [5.74, 6) is -2.45. The number of pyridine rings is 1. The van der Waals surface area contributed by atoms with Crippen molar-refractivity contribution in [3.63, 3.8) is 0 Å². The third-order valence-electron chi connectivity index (χ3n) is 4.11. The van der Waals surface area contributed by atoms with Gasteiger partial charge in [0.15, 0.2) is 0 Å². The summed E-state index contributed by atoms with van der Waals surface area (Å²) >= 11 is 0. The molecule has 0 atom stereocenters. The van der Waals surface area contributed by atoms with Crippen LogP contribution in [0.15, 0.2) is 42.6 Å². The van der Waals surface area contributed by atoms with Crippen LogP contribution in [0.4, 0.5) is 8.78 Å². The van der Waals surface area contributed by atoms with Crippen molar-refractivity contribution in [1.82, 2.24) is 4.40 Å².